The van der Waals surface area contributed by atoms with E-state index in [4.69, 9.17) is 5.26 Å². The number of nitrogens with zero attached hydrogens (tertiary/aromatic N) is 1. The number of anilines is 1. The van der Waals surface area contributed by atoms with Gasteiger partial charge in [0.05, 0.1) is 0 Å². The number of hydrogen-bond donors (Lipinski definition) is 2. The molecule has 1 aromatic heterocycles. The molecule has 0 fully saturated rings. The Morgan fingerprint density at radius 1 is 1.56 bits per heavy atom. The lowest BCUT2D eigenvalue weighted by Gasteiger charge is -1.95. The first-order valence-electron chi connectivity index (χ1n) is 2.41. The second-order valence-electron chi connectivity index (χ2n) is 1.41. The highest BCUT2D eigenvalue weighted by Gasteiger charge is 1.85. The fourth-order valence-corrected chi connectivity index (χ4v) is 0.470. The van der Waals surface area contributed by atoms with Gasteiger partial charge in [-0.25, -0.2) is 15.7 Å². The third kappa shape index (κ3) is 1.67. The van der Waals surface area contributed by atoms with Crippen LogP contribution in [0.3, 0.4) is 0 Å². The second kappa shape index (κ2) is 3.01. The fraction of sp³-hybridized carbons (Fsp3) is 0. The predicted octanol–water partition coefficient (Wildman–Crippen LogP) is 0.898. The SMILES string of the molecule is OONc1ccccn1. The highest BCUT2D eigenvalue weighted by atomic mass is 17.2. The molecule has 0 aliphatic rings. The van der Waals surface area contributed by atoms with Gasteiger partial charge in [0.1, 0.15) is 0 Å². The lowest BCUT2D eigenvalue weighted by atomic mass is 10.5. The maximum atomic E-state index is 7.87. The summed E-state index contributed by atoms with van der Waals surface area (Å²) in [5.74, 6) is 0.472. The molecule has 0 saturated heterocycles. The Hall–Kier alpha value is -1.13. The molecule has 0 unspecified atom stereocenters. The van der Waals surface area contributed by atoms with E-state index < -0.39 is 0 Å². The van der Waals surface area contributed by atoms with Gasteiger partial charge in [0.2, 0.25) is 0 Å². The van der Waals surface area contributed by atoms with Crippen LogP contribution in [0.15, 0.2) is 24.4 Å². The Labute approximate surface area is 52.0 Å². The van der Waals surface area contributed by atoms with Crippen LogP contribution < -0.4 is 5.48 Å². The monoisotopic (exact) mass is 126 g/mol. The van der Waals surface area contributed by atoms with Crippen molar-refractivity contribution in [1.82, 2.24) is 4.98 Å². The van der Waals surface area contributed by atoms with E-state index in [2.05, 4.69) is 15.5 Å². The molecule has 0 amide bonds. The van der Waals surface area contributed by atoms with E-state index in [-0.39, 0.29) is 0 Å². The van der Waals surface area contributed by atoms with Crippen molar-refractivity contribution in [2.75, 3.05) is 5.48 Å². The van der Waals surface area contributed by atoms with Crippen LogP contribution in [0.1, 0.15) is 0 Å². The Bertz CT molecular complexity index is 166. The summed E-state index contributed by atoms with van der Waals surface area (Å²) in [6.45, 7) is 0. The van der Waals surface area contributed by atoms with Crippen LogP contribution in [0.2, 0.25) is 0 Å². The minimum Gasteiger partial charge on any atom is -0.237 e. The van der Waals surface area contributed by atoms with E-state index in [0.717, 1.165) is 0 Å². The maximum Gasteiger partial charge on any atom is 0.152 e. The van der Waals surface area contributed by atoms with Gasteiger partial charge in [-0.1, -0.05) is 6.07 Å². The summed E-state index contributed by atoms with van der Waals surface area (Å²) in [5.41, 5.74) is 2.15. The summed E-state index contributed by atoms with van der Waals surface area (Å²) in [6.07, 6.45) is 1.58. The zero-order chi connectivity index (χ0) is 6.53. The van der Waals surface area contributed by atoms with Crippen LogP contribution in [-0.2, 0) is 4.99 Å². The van der Waals surface area contributed by atoms with Crippen molar-refractivity contribution in [3.05, 3.63) is 24.4 Å². The van der Waals surface area contributed by atoms with Gasteiger partial charge >= 0.3 is 0 Å². The minimum absolute atomic E-state index is 0.472. The van der Waals surface area contributed by atoms with Crippen molar-refractivity contribution in [2.45, 2.75) is 0 Å². The largest absolute Gasteiger partial charge is 0.237 e. The highest BCUT2D eigenvalue weighted by Crippen LogP contribution is 1.97. The minimum atomic E-state index is 0.472. The average molecular weight is 126 g/mol. The van der Waals surface area contributed by atoms with Crippen LogP contribution >= 0.6 is 0 Å². The molecule has 1 heterocycles. The first kappa shape index (κ1) is 6.00. The molecular formula is C5H6N2O2. The Morgan fingerprint density at radius 2 is 2.44 bits per heavy atom. The van der Waals surface area contributed by atoms with E-state index in [1.807, 2.05) is 0 Å². The molecule has 0 aromatic carbocycles. The number of nitrogens with one attached hydrogen (secondary N) is 1. The smallest absolute Gasteiger partial charge is 0.152 e. The van der Waals surface area contributed by atoms with Crippen molar-refractivity contribution in [3.8, 4) is 0 Å². The third-order valence-corrected chi connectivity index (χ3v) is 0.815. The van der Waals surface area contributed by atoms with Gasteiger partial charge in [-0.3, -0.25) is 0 Å². The molecule has 0 spiro atoms. The molecule has 4 nitrogen and oxygen atoms in total. The first-order valence-corrected chi connectivity index (χ1v) is 2.41. The molecule has 9 heavy (non-hydrogen) atoms. The summed E-state index contributed by atoms with van der Waals surface area (Å²) in [7, 11) is 0. The Morgan fingerprint density at radius 3 is 3.00 bits per heavy atom. The average Bonchev–Trinajstić information content (AvgIpc) is 1.91. The second-order valence-corrected chi connectivity index (χ2v) is 1.41. The van der Waals surface area contributed by atoms with Crippen molar-refractivity contribution in [1.29, 1.82) is 0 Å². The zero-order valence-corrected chi connectivity index (χ0v) is 4.61. The van der Waals surface area contributed by atoms with Crippen molar-refractivity contribution in [3.63, 3.8) is 0 Å². The molecule has 1 rings (SSSR count). The zero-order valence-electron chi connectivity index (χ0n) is 4.61. The van der Waals surface area contributed by atoms with Crippen LogP contribution in [0.25, 0.3) is 0 Å². The summed E-state index contributed by atoms with van der Waals surface area (Å²) in [6, 6.07) is 5.20. The maximum absolute atomic E-state index is 7.87. The molecule has 48 valence electrons. The van der Waals surface area contributed by atoms with Gasteiger partial charge in [0, 0.05) is 6.20 Å². The molecule has 4 heteroatoms. The quantitative estimate of drug-likeness (QED) is 0.456. The topological polar surface area (TPSA) is 54.4 Å². The summed E-state index contributed by atoms with van der Waals surface area (Å²) >= 11 is 0. The number of aromatic nitrogens is 1. The summed E-state index contributed by atoms with van der Waals surface area (Å²) < 4.78 is 0. The van der Waals surface area contributed by atoms with Crippen LogP contribution in [0.4, 0.5) is 5.82 Å². The lowest BCUT2D eigenvalue weighted by molar-refractivity contribution is -0.215. The van der Waals surface area contributed by atoms with Crippen LogP contribution in [0.5, 0.6) is 0 Å². The molecule has 0 aliphatic heterocycles. The van der Waals surface area contributed by atoms with E-state index >= 15 is 0 Å². The fourth-order valence-electron chi connectivity index (χ4n) is 0.470. The molecular weight excluding hydrogens is 120 g/mol. The predicted molar refractivity (Wildman–Crippen MR) is 31.6 cm³/mol. The van der Waals surface area contributed by atoms with Gasteiger partial charge in [-0.15, -0.1) is 4.99 Å². The van der Waals surface area contributed by atoms with Gasteiger partial charge < -0.3 is 0 Å². The Kier molecular flexibility index (Phi) is 2.00. The Balaban J connectivity index is 2.61. The molecule has 2 N–H and O–H groups in total. The van der Waals surface area contributed by atoms with Gasteiger partial charge in [0.25, 0.3) is 0 Å². The molecule has 0 saturated carbocycles. The molecule has 0 aliphatic carbocycles. The van der Waals surface area contributed by atoms with Crippen molar-refractivity contribution < 1.29 is 10.2 Å². The number of rotatable bonds is 2. The standard InChI is InChI=1S/C5H6N2O2/c8-9-7-5-3-1-2-4-6-5/h1-4,8H,(H,6,7). The normalized spacial score (nSPS) is 9.00. The van der Waals surface area contributed by atoms with E-state index in [1.54, 1.807) is 24.4 Å². The highest BCUT2D eigenvalue weighted by molar-refractivity contribution is 5.29. The lowest BCUT2D eigenvalue weighted by Crippen LogP contribution is -1.96. The van der Waals surface area contributed by atoms with Crippen molar-refractivity contribution in [2.24, 2.45) is 0 Å². The number of hydrogen-bond acceptors (Lipinski definition) is 4. The van der Waals surface area contributed by atoms with E-state index in [9.17, 15) is 0 Å². The van der Waals surface area contributed by atoms with Crippen molar-refractivity contribution >= 4 is 5.82 Å². The van der Waals surface area contributed by atoms with E-state index in [0.29, 0.717) is 5.82 Å². The summed E-state index contributed by atoms with van der Waals surface area (Å²) in [5, 5.41) is 7.87. The van der Waals surface area contributed by atoms with Gasteiger partial charge in [-0.2, -0.15) is 0 Å². The molecule has 0 bridgehead atoms. The number of pyridine rings is 1. The third-order valence-electron chi connectivity index (χ3n) is 0.815. The van der Waals surface area contributed by atoms with E-state index in [1.165, 1.54) is 0 Å². The van der Waals surface area contributed by atoms with Crippen LogP contribution in [0, 0.1) is 0 Å². The van der Waals surface area contributed by atoms with Crippen LogP contribution in [-0.4, -0.2) is 10.2 Å². The summed E-state index contributed by atoms with van der Waals surface area (Å²) in [4.78, 5) is 7.39. The first-order chi connectivity index (χ1) is 4.43. The van der Waals surface area contributed by atoms with Gasteiger partial charge in [0.15, 0.2) is 5.82 Å². The molecule has 0 atom stereocenters. The van der Waals surface area contributed by atoms with Gasteiger partial charge in [-0.05, 0) is 12.1 Å². The molecule has 0 radical (unpaired) electrons. The molecule has 1 aromatic rings.